The van der Waals surface area contributed by atoms with Crippen LogP contribution in [0.25, 0.3) is 0 Å². The molecule has 0 aliphatic heterocycles. The van der Waals surface area contributed by atoms with Gasteiger partial charge in [-0.2, -0.15) is 0 Å². The standard InChI is InChI=1S/C10H13BrN2O3/c1-12-4-5-16-7-8-2-3-9(13(14)15)6-10(8)11/h2-3,6,12H,4-5,7H2,1H3. The molecule has 1 rings (SSSR count). The van der Waals surface area contributed by atoms with Crippen LogP contribution in [-0.2, 0) is 11.3 Å². The Hall–Kier alpha value is -0.980. The summed E-state index contributed by atoms with van der Waals surface area (Å²) in [6, 6.07) is 4.65. The van der Waals surface area contributed by atoms with Gasteiger partial charge in [0.25, 0.3) is 5.69 Å². The minimum absolute atomic E-state index is 0.0749. The molecule has 88 valence electrons. The lowest BCUT2D eigenvalue weighted by molar-refractivity contribution is -0.384. The Balaban J connectivity index is 2.57. The third kappa shape index (κ3) is 3.88. The number of nitrogens with one attached hydrogen (secondary N) is 1. The Morgan fingerprint density at radius 1 is 1.56 bits per heavy atom. The van der Waals surface area contributed by atoms with Crippen LogP contribution in [-0.4, -0.2) is 25.1 Å². The van der Waals surface area contributed by atoms with E-state index in [-0.39, 0.29) is 5.69 Å². The molecule has 0 unspecified atom stereocenters. The van der Waals surface area contributed by atoms with Crippen LogP contribution < -0.4 is 5.32 Å². The first-order valence-electron chi connectivity index (χ1n) is 4.80. The molecule has 1 aromatic carbocycles. The van der Waals surface area contributed by atoms with E-state index in [0.29, 0.717) is 17.7 Å². The van der Waals surface area contributed by atoms with Crippen LogP contribution in [0, 0.1) is 10.1 Å². The lowest BCUT2D eigenvalue weighted by Gasteiger charge is -2.05. The zero-order valence-corrected chi connectivity index (χ0v) is 10.5. The van der Waals surface area contributed by atoms with E-state index in [9.17, 15) is 10.1 Å². The molecule has 0 saturated heterocycles. The lowest BCUT2D eigenvalue weighted by atomic mass is 10.2. The second kappa shape index (κ2) is 6.57. The van der Waals surface area contributed by atoms with Gasteiger partial charge >= 0.3 is 0 Å². The summed E-state index contributed by atoms with van der Waals surface area (Å²) in [5, 5.41) is 13.5. The fourth-order valence-electron chi connectivity index (χ4n) is 1.12. The van der Waals surface area contributed by atoms with Crippen LogP contribution in [0.2, 0.25) is 0 Å². The number of halogens is 1. The van der Waals surface area contributed by atoms with Gasteiger partial charge in [-0.15, -0.1) is 0 Å². The molecule has 0 aromatic heterocycles. The van der Waals surface area contributed by atoms with Gasteiger partial charge < -0.3 is 10.1 Å². The monoisotopic (exact) mass is 288 g/mol. The smallest absolute Gasteiger partial charge is 0.270 e. The molecule has 0 heterocycles. The molecule has 0 fully saturated rings. The molecule has 0 radical (unpaired) electrons. The van der Waals surface area contributed by atoms with Gasteiger partial charge in [0, 0.05) is 23.2 Å². The second-order valence-electron chi connectivity index (χ2n) is 3.19. The van der Waals surface area contributed by atoms with Crippen LogP contribution in [0.15, 0.2) is 22.7 Å². The highest BCUT2D eigenvalue weighted by Crippen LogP contribution is 2.23. The lowest BCUT2D eigenvalue weighted by Crippen LogP contribution is -2.14. The highest BCUT2D eigenvalue weighted by Gasteiger charge is 2.08. The van der Waals surface area contributed by atoms with E-state index < -0.39 is 4.92 Å². The van der Waals surface area contributed by atoms with Crippen molar-refractivity contribution in [2.75, 3.05) is 20.2 Å². The third-order valence-electron chi connectivity index (χ3n) is 2.00. The van der Waals surface area contributed by atoms with Crippen LogP contribution in [0.5, 0.6) is 0 Å². The predicted molar refractivity (Wildman–Crippen MR) is 64.4 cm³/mol. The van der Waals surface area contributed by atoms with Crippen molar-refractivity contribution in [1.82, 2.24) is 5.32 Å². The molecular formula is C10H13BrN2O3. The number of non-ortho nitro benzene ring substituents is 1. The maximum Gasteiger partial charge on any atom is 0.270 e. The number of hydrogen-bond acceptors (Lipinski definition) is 4. The Kier molecular flexibility index (Phi) is 5.37. The number of nitro benzene ring substituents is 1. The average molecular weight is 289 g/mol. The van der Waals surface area contributed by atoms with Crippen molar-refractivity contribution < 1.29 is 9.66 Å². The van der Waals surface area contributed by atoms with E-state index in [0.717, 1.165) is 12.1 Å². The number of nitrogens with zero attached hydrogens (tertiary/aromatic N) is 1. The normalized spacial score (nSPS) is 10.4. The molecule has 1 N–H and O–H groups in total. The van der Waals surface area contributed by atoms with Gasteiger partial charge in [-0.05, 0) is 18.7 Å². The molecule has 0 bridgehead atoms. The van der Waals surface area contributed by atoms with Crippen molar-refractivity contribution in [2.45, 2.75) is 6.61 Å². The molecule has 0 spiro atoms. The zero-order valence-electron chi connectivity index (χ0n) is 8.90. The molecule has 0 aliphatic carbocycles. The van der Waals surface area contributed by atoms with E-state index in [4.69, 9.17) is 4.74 Å². The van der Waals surface area contributed by atoms with Crippen LogP contribution in [0.4, 0.5) is 5.69 Å². The van der Waals surface area contributed by atoms with Gasteiger partial charge in [0.15, 0.2) is 0 Å². The molecule has 6 heteroatoms. The molecule has 16 heavy (non-hydrogen) atoms. The van der Waals surface area contributed by atoms with Gasteiger partial charge in [0.1, 0.15) is 0 Å². The van der Waals surface area contributed by atoms with Gasteiger partial charge in [-0.25, -0.2) is 0 Å². The Morgan fingerprint density at radius 3 is 2.88 bits per heavy atom. The summed E-state index contributed by atoms with van der Waals surface area (Å²) >= 11 is 3.28. The largest absolute Gasteiger partial charge is 0.375 e. The summed E-state index contributed by atoms with van der Waals surface area (Å²) in [5.74, 6) is 0. The topological polar surface area (TPSA) is 64.4 Å². The summed E-state index contributed by atoms with van der Waals surface area (Å²) in [6.45, 7) is 1.84. The van der Waals surface area contributed by atoms with Gasteiger partial charge in [-0.3, -0.25) is 10.1 Å². The van der Waals surface area contributed by atoms with Crippen LogP contribution in [0.3, 0.4) is 0 Å². The summed E-state index contributed by atoms with van der Waals surface area (Å²) in [6.07, 6.45) is 0. The highest BCUT2D eigenvalue weighted by atomic mass is 79.9. The van der Waals surface area contributed by atoms with E-state index in [1.54, 1.807) is 6.07 Å². The van der Waals surface area contributed by atoms with E-state index >= 15 is 0 Å². The maximum absolute atomic E-state index is 10.5. The molecule has 0 aliphatic rings. The SMILES string of the molecule is CNCCOCc1ccc([N+](=O)[O-])cc1Br. The predicted octanol–water partition coefficient (Wildman–Crippen LogP) is 2.09. The molecule has 1 aromatic rings. The number of benzene rings is 1. The molecule has 5 nitrogen and oxygen atoms in total. The first-order valence-corrected chi connectivity index (χ1v) is 5.59. The quantitative estimate of drug-likeness (QED) is 0.495. The van der Waals surface area contributed by atoms with Crippen molar-refractivity contribution in [3.8, 4) is 0 Å². The summed E-state index contributed by atoms with van der Waals surface area (Å²) in [4.78, 5) is 10.1. The van der Waals surface area contributed by atoms with Crippen molar-refractivity contribution >= 4 is 21.6 Å². The number of ether oxygens (including phenoxy) is 1. The molecule has 0 saturated carbocycles. The number of likely N-dealkylation sites (N-methyl/N-ethyl adjacent to an activating group) is 1. The summed E-state index contributed by atoms with van der Waals surface area (Å²) in [7, 11) is 1.85. The third-order valence-corrected chi connectivity index (χ3v) is 2.74. The minimum atomic E-state index is -0.420. The Labute approximate surface area is 102 Å². The minimum Gasteiger partial charge on any atom is -0.375 e. The summed E-state index contributed by atoms with van der Waals surface area (Å²) < 4.78 is 6.08. The van der Waals surface area contributed by atoms with Gasteiger partial charge in [0.2, 0.25) is 0 Å². The highest BCUT2D eigenvalue weighted by molar-refractivity contribution is 9.10. The first-order chi connectivity index (χ1) is 7.65. The molecular weight excluding hydrogens is 276 g/mol. The Morgan fingerprint density at radius 2 is 2.31 bits per heavy atom. The molecule has 0 amide bonds. The van der Waals surface area contributed by atoms with Crippen molar-refractivity contribution in [3.05, 3.63) is 38.3 Å². The second-order valence-corrected chi connectivity index (χ2v) is 4.04. The average Bonchev–Trinajstić information content (AvgIpc) is 2.26. The van der Waals surface area contributed by atoms with Crippen molar-refractivity contribution in [2.24, 2.45) is 0 Å². The van der Waals surface area contributed by atoms with E-state index in [1.165, 1.54) is 12.1 Å². The number of rotatable bonds is 6. The molecule has 0 atom stereocenters. The fourth-order valence-corrected chi connectivity index (χ4v) is 1.60. The van der Waals surface area contributed by atoms with E-state index in [2.05, 4.69) is 21.2 Å². The number of hydrogen-bond donors (Lipinski definition) is 1. The van der Waals surface area contributed by atoms with Gasteiger partial charge in [0.05, 0.1) is 18.1 Å². The van der Waals surface area contributed by atoms with E-state index in [1.807, 2.05) is 7.05 Å². The van der Waals surface area contributed by atoms with Crippen molar-refractivity contribution in [1.29, 1.82) is 0 Å². The summed E-state index contributed by atoms with van der Waals surface area (Å²) in [5.41, 5.74) is 0.979. The number of nitro groups is 1. The van der Waals surface area contributed by atoms with Crippen LogP contribution in [0.1, 0.15) is 5.56 Å². The maximum atomic E-state index is 10.5. The van der Waals surface area contributed by atoms with Gasteiger partial charge in [-0.1, -0.05) is 15.9 Å². The Bertz CT molecular complexity index is 371. The fraction of sp³-hybridized carbons (Fsp3) is 0.400. The van der Waals surface area contributed by atoms with Crippen molar-refractivity contribution in [3.63, 3.8) is 0 Å². The zero-order chi connectivity index (χ0) is 12.0. The van der Waals surface area contributed by atoms with Crippen LogP contribution >= 0.6 is 15.9 Å². The first kappa shape index (κ1) is 13.1.